The van der Waals surface area contributed by atoms with E-state index in [4.69, 9.17) is 46.4 Å². The lowest BCUT2D eigenvalue weighted by Gasteiger charge is -2.10. The minimum absolute atomic E-state index is 0.451. The Labute approximate surface area is 146 Å². The number of hydrogen-bond donors (Lipinski definition) is 1. The highest BCUT2D eigenvalue weighted by Gasteiger charge is 2.09. The molecule has 4 nitrogen and oxygen atoms in total. The van der Waals surface area contributed by atoms with Gasteiger partial charge in [-0.2, -0.15) is 0 Å². The molecule has 3 aromatic rings. The zero-order chi connectivity index (χ0) is 15.7. The molecule has 3 rings (SSSR count). The van der Waals surface area contributed by atoms with Crippen molar-refractivity contribution >= 4 is 58.0 Å². The molecule has 0 amide bonds. The Morgan fingerprint density at radius 1 is 0.818 bits per heavy atom. The second kappa shape index (κ2) is 6.34. The van der Waals surface area contributed by atoms with Crippen molar-refractivity contribution in [3.63, 3.8) is 0 Å². The van der Waals surface area contributed by atoms with Gasteiger partial charge >= 0.3 is 0 Å². The third kappa shape index (κ3) is 3.15. The molecule has 0 radical (unpaired) electrons. The predicted molar refractivity (Wildman–Crippen MR) is 91.1 cm³/mol. The molecule has 0 saturated carbocycles. The first-order valence-electron chi connectivity index (χ1n) is 6.12. The van der Waals surface area contributed by atoms with E-state index < -0.39 is 0 Å². The Morgan fingerprint density at radius 2 is 1.50 bits per heavy atom. The quantitative estimate of drug-likeness (QED) is 0.647. The summed E-state index contributed by atoms with van der Waals surface area (Å²) in [5.74, 6) is 0.511. The van der Waals surface area contributed by atoms with E-state index in [1.807, 2.05) is 6.07 Å². The highest BCUT2D eigenvalue weighted by atomic mass is 35.5. The SMILES string of the molecule is Clc1ccc(Nc2nncn2-c2ccc(Cl)c(Cl)c2)cc1Cl. The molecule has 0 fully saturated rings. The van der Waals surface area contributed by atoms with Gasteiger partial charge in [0, 0.05) is 5.69 Å². The van der Waals surface area contributed by atoms with Crippen LogP contribution < -0.4 is 5.32 Å². The largest absolute Gasteiger partial charge is 0.324 e. The predicted octanol–water partition coefficient (Wildman–Crippen LogP) is 5.62. The Kier molecular flexibility index (Phi) is 4.45. The summed E-state index contributed by atoms with van der Waals surface area (Å²) >= 11 is 23.9. The van der Waals surface area contributed by atoms with Gasteiger partial charge in [-0.1, -0.05) is 46.4 Å². The van der Waals surface area contributed by atoms with Crippen LogP contribution in [0.1, 0.15) is 0 Å². The number of hydrogen-bond acceptors (Lipinski definition) is 3. The van der Waals surface area contributed by atoms with Gasteiger partial charge in [-0.05, 0) is 36.4 Å². The van der Waals surface area contributed by atoms with Crippen molar-refractivity contribution < 1.29 is 0 Å². The maximum Gasteiger partial charge on any atom is 0.233 e. The number of nitrogens with one attached hydrogen (secondary N) is 1. The molecule has 0 bridgehead atoms. The number of halogens is 4. The van der Waals surface area contributed by atoms with E-state index in [0.717, 1.165) is 11.4 Å². The Bertz CT molecular complexity index is 831. The fraction of sp³-hybridized carbons (Fsp3) is 0. The van der Waals surface area contributed by atoms with Crippen molar-refractivity contribution in [2.75, 3.05) is 5.32 Å². The molecule has 0 atom stereocenters. The Morgan fingerprint density at radius 3 is 2.18 bits per heavy atom. The van der Waals surface area contributed by atoms with Crippen LogP contribution in [0.15, 0.2) is 42.7 Å². The molecular weight excluding hydrogens is 366 g/mol. The van der Waals surface area contributed by atoms with E-state index in [-0.39, 0.29) is 0 Å². The lowest BCUT2D eigenvalue weighted by Crippen LogP contribution is -2.01. The van der Waals surface area contributed by atoms with E-state index in [1.54, 1.807) is 41.2 Å². The standard InChI is InChI=1S/C14H8Cl4N4/c15-10-3-1-8(5-12(10)17)20-14-21-19-7-22(14)9-2-4-11(16)13(18)6-9/h1-7H,(H,20,21). The average molecular weight is 374 g/mol. The summed E-state index contributed by atoms with van der Waals surface area (Å²) in [6.07, 6.45) is 1.57. The first-order valence-corrected chi connectivity index (χ1v) is 7.63. The van der Waals surface area contributed by atoms with Crippen LogP contribution in [0.5, 0.6) is 0 Å². The first kappa shape index (κ1) is 15.4. The summed E-state index contributed by atoms with van der Waals surface area (Å²) in [6.45, 7) is 0. The fourth-order valence-electron chi connectivity index (χ4n) is 1.85. The number of aromatic nitrogens is 3. The Hall–Kier alpha value is -1.46. The van der Waals surface area contributed by atoms with Gasteiger partial charge in [0.15, 0.2) is 0 Å². The number of benzene rings is 2. The van der Waals surface area contributed by atoms with Crippen molar-refractivity contribution in [2.45, 2.75) is 0 Å². The minimum atomic E-state index is 0.451. The molecule has 0 aliphatic rings. The molecule has 22 heavy (non-hydrogen) atoms. The summed E-state index contributed by atoms with van der Waals surface area (Å²) in [7, 11) is 0. The second-order valence-electron chi connectivity index (χ2n) is 4.38. The van der Waals surface area contributed by atoms with Crippen molar-refractivity contribution in [3.8, 4) is 5.69 Å². The fourth-order valence-corrected chi connectivity index (χ4v) is 2.44. The second-order valence-corrected chi connectivity index (χ2v) is 6.01. The first-order chi connectivity index (χ1) is 10.5. The average Bonchev–Trinajstić information content (AvgIpc) is 2.94. The third-order valence-corrected chi connectivity index (χ3v) is 4.38. The lowest BCUT2D eigenvalue weighted by atomic mass is 10.3. The summed E-state index contributed by atoms with van der Waals surface area (Å²) < 4.78 is 1.74. The highest BCUT2D eigenvalue weighted by molar-refractivity contribution is 6.42. The molecule has 1 N–H and O–H groups in total. The van der Waals surface area contributed by atoms with Gasteiger partial charge in [0.05, 0.1) is 25.8 Å². The molecule has 0 aliphatic carbocycles. The molecule has 8 heteroatoms. The van der Waals surface area contributed by atoms with Crippen LogP contribution in [0.2, 0.25) is 20.1 Å². The Balaban J connectivity index is 1.94. The van der Waals surface area contributed by atoms with Gasteiger partial charge in [0.25, 0.3) is 0 Å². The van der Waals surface area contributed by atoms with E-state index in [9.17, 15) is 0 Å². The molecule has 1 aromatic heterocycles. The van der Waals surface area contributed by atoms with Gasteiger partial charge in [0.1, 0.15) is 6.33 Å². The molecule has 112 valence electrons. The van der Waals surface area contributed by atoms with Crippen LogP contribution in [0.25, 0.3) is 5.69 Å². The van der Waals surface area contributed by atoms with Crippen molar-refractivity contribution in [1.82, 2.24) is 14.8 Å². The summed E-state index contributed by atoms with van der Waals surface area (Å²) in [5, 5.41) is 12.9. The molecule has 0 aliphatic heterocycles. The smallest absolute Gasteiger partial charge is 0.233 e. The van der Waals surface area contributed by atoms with Crippen LogP contribution in [-0.4, -0.2) is 14.8 Å². The summed E-state index contributed by atoms with van der Waals surface area (Å²) in [5.41, 5.74) is 1.52. The molecular formula is C14H8Cl4N4. The minimum Gasteiger partial charge on any atom is -0.324 e. The number of rotatable bonds is 3. The van der Waals surface area contributed by atoms with Crippen LogP contribution in [0.4, 0.5) is 11.6 Å². The van der Waals surface area contributed by atoms with E-state index >= 15 is 0 Å². The van der Waals surface area contributed by atoms with Gasteiger partial charge < -0.3 is 5.32 Å². The van der Waals surface area contributed by atoms with Crippen LogP contribution in [0.3, 0.4) is 0 Å². The highest BCUT2D eigenvalue weighted by Crippen LogP contribution is 2.28. The maximum absolute atomic E-state index is 6.04. The topological polar surface area (TPSA) is 42.7 Å². The molecule has 0 saturated heterocycles. The number of nitrogens with zero attached hydrogens (tertiary/aromatic N) is 3. The molecule has 0 unspecified atom stereocenters. The van der Waals surface area contributed by atoms with E-state index in [2.05, 4.69) is 15.5 Å². The van der Waals surface area contributed by atoms with E-state index in [1.165, 1.54) is 0 Å². The van der Waals surface area contributed by atoms with Crippen LogP contribution >= 0.6 is 46.4 Å². The molecule has 0 spiro atoms. The van der Waals surface area contributed by atoms with E-state index in [0.29, 0.717) is 26.0 Å². The van der Waals surface area contributed by atoms with Crippen LogP contribution in [-0.2, 0) is 0 Å². The van der Waals surface area contributed by atoms with Gasteiger partial charge in [-0.3, -0.25) is 4.57 Å². The van der Waals surface area contributed by atoms with Gasteiger partial charge in [0.2, 0.25) is 5.95 Å². The van der Waals surface area contributed by atoms with Gasteiger partial charge in [-0.15, -0.1) is 10.2 Å². The zero-order valence-electron chi connectivity index (χ0n) is 10.9. The number of anilines is 2. The zero-order valence-corrected chi connectivity index (χ0v) is 13.9. The maximum atomic E-state index is 6.04. The van der Waals surface area contributed by atoms with Gasteiger partial charge in [-0.25, -0.2) is 0 Å². The monoisotopic (exact) mass is 372 g/mol. The summed E-state index contributed by atoms with van der Waals surface area (Å²) in [4.78, 5) is 0. The normalized spacial score (nSPS) is 10.7. The van der Waals surface area contributed by atoms with Crippen molar-refractivity contribution in [1.29, 1.82) is 0 Å². The van der Waals surface area contributed by atoms with Crippen LogP contribution in [0, 0.1) is 0 Å². The third-order valence-electron chi connectivity index (χ3n) is 2.90. The van der Waals surface area contributed by atoms with Crippen molar-refractivity contribution in [2.24, 2.45) is 0 Å². The van der Waals surface area contributed by atoms with Crippen molar-refractivity contribution in [3.05, 3.63) is 62.8 Å². The molecule has 1 heterocycles. The summed E-state index contributed by atoms with van der Waals surface area (Å²) in [6, 6.07) is 10.5. The lowest BCUT2D eigenvalue weighted by molar-refractivity contribution is 1.06. The molecule has 2 aromatic carbocycles.